The van der Waals surface area contributed by atoms with E-state index in [2.05, 4.69) is 29.1 Å². The average Bonchev–Trinajstić information content (AvgIpc) is 3.02. The third-order valence-corrected chi connectivity index (χ3v) is 3.89. The van der Waals surface area contributed by atoms with Gasteiger partial charge in [0, 0.05) is 12.5 Å². The Hall–Kier alpha value is -1.30. The van der Waals surface area contributed by atoms with Crippen LogP contribution in [0, 0.1) is 6.92 Å². The Bertz CT molecular complexity index is 509. The Morgan fingerprint density at radius 1 is 1.32 bits per heavy atom. The lowest BCUT2D eigenvalue weighted by Gasteiger charge is -2.03. The smallest absolute Gasteiger partial charge is 0.239 e. The summed E-state index contributed by atoms with van der Waals surface area (Å²) in [5.74, 6) is 3.13. The molecular weight excluding hydrogens is 262 g/mol. The first-order valence-electron chi connectivity index (χ1n) is 6.55. The maximum Gasteiger partial charge on any atom is 0.239 e. The minimum absolute atomic E-state index is 0.160. The SMILES string of the molecule is CCCCc1noc(C(C)SCc2cc(C)no2)n1. The van der Waals surface area contributed by atoms with Crippen LogP contribution in [0.1, 0.15) is 55.1 Å². The first-order chi connectivity index (χ1) is 9.19. The molecule has 0 amide bonds. The van der Waals surface area contributed by atoms with E-state index in [4.69, 9.17) is 9.05 Å². The summed E-state index contributed by atoms with van der Waals surface area (Å²) in [5.41, 5.74) is 0.905. The van der Waals surface area contributed by atoms with Crippen molar-refractivity contribution >= 4 is 11.8 Å². The van der Waals surface area contributed by atoms with Crippen LogP contribution in [0.25, 0.3) is 0 Å². The summed E-state index contributed by atoms with van der Waals surface area (Å²) in [7, 11) is 0. The molecule has 0 aromatic carbocycles. The molecule has 0 fully saturated rings. The van der Waals surface area contributed by atoms with Crippen LogP contribution >= 0.6 is 11.8 Å². The van der Waals surface area contributed by atoms with Crippen molar-refractivity contribution in [2.75, 3.05) is 0 Å². The maximum atomic E-state index is 5.29. The number of aryl methyl sites for hydroxylation is 2. The summed E-state index contributed by atoms with van der Waals surface area (Å²) >= 11 is 1.70. The van der Waals surface area contributed by atoms with E-state index in [1.165, 1.54) is 0 Å². The van der Waals surface area contributed by atoms with Crippen LogP contribution in [-0.4, -0.2) is 15.3 Å². The molecular formula is C13H19N3O2S. The number of unbranched alkanes of at least 4 members (excludes halogenated alkanes) is 1. The molecule has 2 rings (SSSR count). The molecule has 0 radical (unpaired) electrons. The van der Waals surface area contributed by atoms with Crippen molar-refractivity contribution in [2.45, 2.75) is 51.0 Å². The van der Waals surface area contributed by atoms with Crippen LogP contribution in [0.3, 0.4) is 0 Å². The molecule has 0 aliphatic rings. The molecule has 0 saturated carbocycles. The van der Waals surface area contributed by atoms with Crippen LogP contribution in [-0.2, 0) is 12.2 Å². The largest absolute Gasteiger partial charge is 0.360 e. The zero-order chi connectivity index (χ0) is 13.7. The fraction of sp³-hybridized carbons (Fsp3) is 0.615. The van der Waals surface area contributed by atoms with Crippen LogP contribution in [0.5, 0.6) is 0 Å². The first-order valence-corrected chi connectivity index (χ1v) is 7.60. The zero-order valence-corrected chi connectivity index (χ0v) is 12.4. The molecule has 0 N–H and O–H groups in total. The van der Waals surface area contributed by atoms with Crippen molar-refractivity contribution in [3.63, 3.8) is 0 Å². The Labute approximate surface area is 117 Å². The summed E-state index contributed by atoms with van der Waals surface area (Å²) in [5, 5.41) is 8.02. The second-order valence-electron chi connectivity index (χ2n) is 4.54. The lowest BCUT2D eigenvalue weighted by Crippen LogP contribution is -1.92. The summed E-state index contributed by atoms with van der Waals surface area (Å²) < 4.78 is 10.5. The highest BCUT2D eigenvalue weighted by molar-refractivity contribution is 7.98. The summed E-state index contributed by atoms with van der Waals surface area (Å²) in [6.07, 6.45) is 3.12. The lowest BCUT2D eigenvalue weighted by molar-refractivity contribution is 0.373. The fourth-order valence-corrected chi connectivity index (χ4v) is 2.42. The molecule has 0 aliphatic heterocycles. The van der Waals surface area contributed by atoms with Crippen LogP contribution in [0.4, 0.5) is 0 Å². The van der Waals surface area contributed by atoms with E-state index in [1.807, 2.05) is 13.0 Å². The highest BCUT2D eigenvalue weighted by Gasteiger charge is 2.15. The van der Waals surface area contributed by atoms with Crippen LogP contribution < -0.4 is 0 Å². The Morgan fingerprint density at radius 2 is 2.16 bits per heavy atom. The van der Waals surface area contributed by atoms with E-state index in [0.29, 0.717) is 5.89 Å². The molecule has 2 aromatic heterocycles. The zero-order valence-electron chi connectivity index (χ0n) is 11.5. The van der Waals surface area contributed by atoms with Gasteiger partial charge in [-0.2, -0.15) is 4.98 Å². The highest BCUT2D eigenvalue weighted by Crippen LogP contribution is 2.30. The molecule has 2 heterocycles. The minimum atomic E-state index is 0.160. The number of aromatic nitrogens is 3. The quantitative estimate of drug-likeness (QED) is 0.771. The van der Waals surface area contributed by atoms with Crippen molar-refractivity contribution in [2.24, 2.45) is 0 Å². The molecule has 0 spiro atoms. The maximum absolute atomic E-state index is 5.29. The van der Waals surface area contributed by atoms with E-state index in [1.54, 1.807) is 11.8 Å². The van der Waals surface area contributed by atoms with Crippen molar-refractivity contribution < 1.29 is 9.05 Å². The van der Waals surface area contributed by atoms with Gasteiger partial charge in [-0.15, -0.1) is 11.8 Å². The minimum Gasteiger partial charge on any atom is -0.360 e. The first kappa shape index (κ1) is 14.1. The molecule has 5 nitrogen and oxygen atoms in total. The predicted octanol–water partition coefficient (Wildman–Crippen LogP) is 3.70. The van der Waals surface area contributed by atoms with Gasteiger partial charge in [-0.25, -0.2) is 0 Å². The van der Waals surface area contributed by atoms with E-state index in [-0.39, 0.29) is 5.25 Å². The van der Waals surface area contributed by atoms with Gasteiger partial charge in [0.1, 0.15) is 5.76 Å². The molecule has 0 aliphatic carbocycles. The van der Waals surface area contributed by atoms with Crippen LogP contribution in [0.2, 0.25) is 0 Å². The number of hydrogen-bond acceptors (Lipinski definition) is 6. The Kier molecular flexibility index (Phi) is 5.01. The molecule has 6 heteroatoms. The predicted molar refractivity (Wildman–Crippen MR) is 73.9 cm³/mol. The Balaban J connectivity index is 1.85. The van der Waals surface area contributed by atoms with Gasteiger partial charge in [-0.1, -0.05) is 23.7 Å². The molecule has 19 heavy (non-hydrogen) atoms. The van der Waals surface area contributed by atoms with Crippen LogP contribution in [0.15, 0.2) is 15.1 Å². The van der Waals surface area contributed by atoms with E-state index in [9.17, 15) is 0 Å². The Morgan fingerprint density at radius 3 is 2.84 bits per heavy atom. The van der Waals surface area contributed by atoms with Crippen molar-refractivity contribution in [1.29, 1.82) is 0 Å². The third kappa shape index (κ3) is 4.09. The standard InChI is InChI=1S/C13H19N3O2S/c1-4-5-6-12-14-13(18-16-12)10(3)19-8-11-7-9(2)15-17-11/h7,10H,4-6,8H2,1-3H3. The van der Waals surface area contributed by atoms with Crippen molar-refractivity contribution in [1.82, 2.24) is 15.3 Å². The van der Waals surface area contributed by atoms with Gasteiger partial charge in [0.2, 0.25) is 5.89 Å². The third-order valence-electron chi connectivity index (χ3n) is 2.74. The normalized spacial score (nSPS) is 12.8. The van der Waals surface area contributed by atoms with E-state index < -0.39 is 0 Å². The lowest BCUT2D eigenvalue weighted by atomic mass is 10.2. The van der Waals surface area contributed by atoms with Gasteiger partial charge in [0.15, 0.2) is 5.82 Å². The van der Waals surface area contributed by atoms with Crippen molar-refractivity contribution in [3.05, 3.63) is 29.2 Å². The second-order valence-corrected chi connectivity index (χ2v) is 5.87. The summed E-state index contributed by atoms with van der Waals surface area (Å²) in [6, 6.07) is 1.94. The summed E-state index contributed by atoms with van der Waals surface area (Å²) in [4.78, 5) is 4.42. The molecule has 2 aromatic rings. The molecule has 0 saturated heterocycles. The highest BCUT2D eigenvalue weighted by atomic mass is 32.2. The van der Waals surface area contributed by atoms with E-state index >= 15 is 0 Å². The molecule has 1 atom stereocenters. The van der Waals surface area contributed by atoms with Gasteiger partial charge in [0.05, 0.1) is 16.7 Å². The van der Waals surface area contributed by atoms with Gasteiger partial charge in [-0.3, -0.25) is 0 Å². The van der Waals surface area contributed by atoms with Crippen molar-refractivity contribution in [3.8, 4) is 0 Å². The number of thioether (sulfide) groups is 1. The van der Waals surface area contributed by atoms with Gasteiger partial charge >= 0.3 is 0 Å². The molecule has 1 unspecified atom stereocenters. The van der Waals surface area contributed by atoms with E-state index in [0.717, 1.165) is 42.3 Å². The van der Waals surface area contributed by atoms with Gasteiger partial charge in [0.25, 0.3) is 0 Å². The van der Waals surface area contributed by atoms with Gasteiger partial charge in [-0.05, 0) is 20.3 Å². The molecule has 104 valence electrons. The summed E-state index contributed by atoms with van der Waals surface area (Å²) in [6.45, 7) is 6.13. The number of hydrogen-bond donors (Lipinski definition) is 0. The van der Waals surface area contributed by atoms with Gasteiger partial charge < -0.3 is 9.05 Å². The average molecular weight is 281 g/mol. The topological polar surface area (TPSA) is 65.0 Å². The number of rotatable bonds is 7. The monoisotopic (exact) mass is 281 g/mol. The fourth-order valence-electron chi connectivity index (χ4n) is 1.63. The second kappa shape index (κ2) is 6.75. The number of nitrogens with zero attached hydrogens (tertiary/aromatic N) is 3. The molecule has 0 bridgehead atoms.